The Morgan fingerprint density at radius 3 is 2.71 bits per heavy atom. The van der Waals surface area contributed by atoms with Gasteiger partial charge in [-0.1, -0.05) is 19.8 Å². The lowest BCUT2D eigenvalue weighted by molar-refractivity contribution is 0.0236. The number of benzene rings is 1. The van der Waals surface area contributed by atoms with Gasteiger partial charge in [0.25, 0.3) is 0 Å². The molecule has 1 aromatic carbocycles. The molecule has 3 nitrogen and oxygen atoms in total. The molecule has 0 N–H and O–H groups in total. The first-order chi connectivity index (χ1) is 11.4. The minimum atomic E-state index is -0.477. The summed E-state index contributed by atoms with van der Waals surface area (Å²) in [4.78, 5) is 13.1. The zero-order chi connectivity index (χ0) is 17.3. The topological polar surface area (TPSA) is 35.5 Å². The zero-order valence-corrected chi connectivity index (χ0v) is 15.3. The van der Waals surface area contributed by atoms with Crippen molar-refractivity contribution in [2.24, 2.45) is 5.92 Å². The van der Waals surface area contributed by atoms with Gasteiger partial charge in [-0.3, -0.25) is 4.79 Å². The van der Waals surface area contributed by atoms with Gasteiger partial charge in [-0.25, -0.2) is 0 Å². The SMILES string of the molecule is CCCCCc1cc2c3c(c1)OC(C)(C)[C@H](CC/C=C(/C)O2)C3=O. The van der Waals surface area contributed by atoms with Crippen molar-refractivity contribution in [3.63, 3.8) is 0 Å². The Morgan fingerprint density at radius 2 is 1.96 bits per heavy atom. The van der Waals surface area contributed by atoms with Gasteiger partial charge in [0.2, 0.25) is 0 Å². The van der Waals surface area contributed by atoms with Crippen LogP contribution in [0.3, 0.4) is 0 Å². The Kier molecular flexibility index (Phi) is 4.71. The highest BCUT2D eigenvalue weighted by molar-refractivity contribution is 6.04. The number of unbranched alkanes of at least 4 members (excludes halogenated alkanes) is 2. The van der Waals surface area contributed by atoms with E-state index in [0.717, 1.165) is 31.4 Å². The van der Waals surface area contributed by atoms with Crippen LogP contribution in [0.5, 0.6) is 11.5 Å². The molecule has 130 valence electrons. The molecular weight excluding hydrogens is 300 g/mol. The van der Waals surface area contributed by atoms with E-state index in [9.17, 15) is 4.79 Å². The number of carbonyl (C=O) groups excluding carboxylic acids is 1. The third kappa shape index (κ3) is 3.22. The minimum absolute atomic E-state index is 0.125. The molecule has 0 unspecified atom stereocenters. The summed E-state index contributed by atoms with van der Waals surface area (Å²) < 4.78 is 12.3. The molecule has 2 aliphatic rings. The van der Waals surface area contributed by atoms with Crippen molar-refractivity contribution >= 4 is 5.78 Å². The maximum Gasteiger partial charge on any atom is 0.177 e. The van der Waals surface area contributed by atoms with Crippen LogP contribution in [0.4, 0.5) is 0 Å². The molecule has 0 aliphatic carbocycles. The molecule has 0 aromatic heterocycles. The first kappa shape index (κ1) is 17.1. The summed E-state index contributed by atoms with van der Waals surface area (Å²) in [5.74, 6) is 2.26. The van der Waals surface area contributed by atoms with Crippen molar-refractivity contribution in [1.82, 2.24) is 0 Å². The van der Waals surface area contributed by atoms with Gasteiger partial charge in [-0.2, -0.15) is 0 Å². The fraction of sp³-hybridized carbons (Fsp3) is 0.571. The minimum Gasteiger partial charge on any atom is -0.486 e. The Balaban J connectivity index is 2.07. The van der Waals surface area contributed by atoms with E-state index in [1.54, 1.807) is 0 Å². The van der Waals surface area contributed by atoms with E-state index in [4.69, 9.17) is 9.47 Å². The normalized spacial score (nSPS) is 23.9. The van der Waals surface area contributed by atoms with Gasteiger partial charge in [0.1, 0.15) is 22.7 Å². The molecule has 0 radical (unpaired) electrons. The standard InChI is InChI=1S/C21H28O3/c1-5-6-7-10-15-12-17-19-18(13-15)24-21(3,4)16(20(19)22)11-8-9-14(2)23-17/h9,12-13,16H,5-8,10-11H2,1-4H3/b14-9-/t16-/m1/s1. The molecule has 3 rings (SSSR count). The van der Waals surface area contributed by atoms with E-state index in [2.05, 4.69) is 13.0 Å². The predicted octanol–water partition coefficient (Wildman–Crippen LogP) is 5.47. The molecule has 1 aromatic rings. The number of Topliss-reactive ketones (excluding diaryl/α,β-unsaturated/α-hetero) is 1. The van der Waals surface area contributed by atoms with E-state index in [-0.39, 0.29) is 11.7 Å². The molecule has 0 saturated heterocycles. The summed E-state index contributed by atoms with van der Waals surface area (Å²) in [5, 5.41) is 0. The Morgan fingerprint density at radius 1 is 1.21 bits per heavy atom. The molecule has 0 spiro atoms. The molecule has 3 heteroatoms. The van der Waals surface area contributed by atoms with Crippen molar-refractivity contribution < 1.29 is 14.3 Å². The van der Waals surface area contributed by atoms with Gasteiger partial charge in [0.05, 0.1) is 11.7 Å². The van der Waals surface area contributed by atoms with Crippen molar-refractivity contribution in [3.05, 3.63) is 35.1 Å². The summed E-state index contributed by atoms with van der Waals surface area (Å²) in [6, 6.07) is 4.08. The monoisotopic (exact) mass is 328 g/mol. The molecule has 0 fully saturated rings. The van der Waals surface area contributed by atoms with Crippen LogP contribution in [0, 0.1) is 5.92 Å². The van der Waals surface area contributed by atoms with Crippen molar-refractivity contribution in [3.8, 4) is 11.5 Å². The molecule has 2 bridgehead atoms. The molecule has 2 heterocycles. The average Bonchev–Trinajstić information content (AvgIpc) is 2.54. The summed E-state index contributed by atoms with van der Waals surface area (Å²) in [6.45, 7) is 8.21. The fourth-order valence-electron chi connectivity index (χ4n) is 3.76. The second-order valence-electron chi connectivity index (χ2n) is 7.54. The third-order valence-corrected chi connectivity index (χ3v) is 5.13. The Hall–Kier alpha value is -1.77. The van der Waals surface area contributed by atoms with E-state index in [1.165, 1.54) is 18.4 Å². The highest BCUT2D eigenvalue weighted by Crippen LogP contribution is 2.45. The summed E-state index contributed by atoms with van der Waals surface area (Å²) in [5.41, 5.74) is 1.34. The van der Waals surface area contributed by atoms with E-state index >= 15 is 0 Å². The van der Waals surface area contributed by atoms with Crippen LogP contribution < -0.4 is 9.47 Å². The number of hydrogen-bond acceptors (Lipinski definition) is 3. The highest BCUT2D eigenvalue weighted by Gasteiger charge is 2.44. The number of ketones is 1. The number of allylic oxidation sites excluding steroid dienone is 2. The van der Waals surface area contributed by atoms with Gasteiger partial charge in [-0.15, -0.1) is 0 Å². The second kappa shape index (κ2) is 6.62. The summed E-state index contributed by atoms with van der Waals surface area (Å²) in [6.07, 6.45) is 8.25. The number of fused-ring (bicyclic) bond motifs is 1. The van der Waals surface area contributed by atoms with E-state index in [0.29, 0.717) is 17.1 Å². The maximum atomic E-state index is 13.1. The van der Waals surface area contributed by atoms with Gasteiger partial charge in [-0.05, 0) is 70.2 Å². The van der Waals surface area contributed by atoms with Crippen LogP contribution in [0.15, 0.2) is 24.0 Å². The first-order valence-corrected chi connectivity index (χ1v) is 9.17. The smallest absolute Gasteiger partial charge is 0.177 e. The molecule has 0 saturated carbocycles. The third-order valence-electron chi connectivity index (χ3n) is 5.13. The lowest BCUT2D eigenvalue weighted by atomic mass is 9.78. The zero-order valence-electron chi connectivity index (χ0n) is 15.3. The molecule has 0 amide bonds. The predicted molar refractivity (Wildman–Crippen MR) is 95.8 cm³/mol. The summed E-state index contributed by atoms with van der Waals surface area (Å²) >= 11 is 0. The number of ether oxygens (including phenoxy) is 2. The number of hydrogen-bond donors (Lipinski definition) is 0. The van der Waals surface area contributed by atoms with Crippen molar-refractivity contribution in [1.29, 1.82) is 0 Å². The van der Waals surface area contributed by atoms with Crippen LogP contribution in [0.1, 0.15) is 75.7 Å². The lowest BCUT2D eigenvalue weighted by Crippen LogP contribution is -2.46. The van der Waals surface area contributed by atoms with E-state index in [1.807, 2.05) is 32.9 Å². The maximum absolute atomic E-state index is 13.1. The number of aryl methyl sites for hydroxylation is 1. The summed E-state index contributed by atoms with van der Waals surface area (Å²) in [7, 11) is 0. The van der Waals surface area contributed by atoms with Crippen LogP contribution in [-0.2, 0) is 6.42 Å². The van der Waals surface area contributed by atoms with Gasteiger partial charge >= 0.3 is 0 Å². The van der Waals surface area contributed by atoms with Crippen LogP contribution >= 0.6 is 0 Å². The quantitative estimate of drug-likeness (QED) is 0.688. The van der Waals surface area contributed by atoms with Crippen LogP contribution in [-0.4, -0.2) is 11.4 Å². The molecule has 1 atom stereocenters. The van der Waals surface area contributed by atoms with Crippen molar-refractivity contribution in [2.45, 2.75) is 71.8 Å². The highest BCUT2D eigenvalue weighted by atomic mass is 16.5. The Labute approximate surface area is 145 Å². The number of rotatable bonds is 4. The average molecular weight is 328 g/mol. The van der Waals surface area contributed by atoms with Crippen molar-refractivity contribution in [2.75, 3.05) is 0 Å². The first-order valence-electron chi connectivity index (χ1n) is 9.17. The Bertz CT molecular complexity index is 670. The van der Waals surface area contributed by atoms with Gasteiger partial charge in [0, 0.05) is 0 Å². The second-order valence-corrected chi connectivity index (χ2v) is 7.54. The molecular formula is C21H28O3. The fourth-order valence-corrected chi connectivity index (χ4v) is 3.76. The molecule has 24 heavy (non-hydrogen) atoms. The van der Waals surface area contributed by atoms with Crippen LogP contribution in [0.25, 0.3) is 0 Å². The number of carbonyl (C=O) groups is 1. The van der Waals surface area contributed by atoms with E-state index < -0.39 is 5.60 Å². The van der Waals surface area contributed by atoms with Gasteiger partial charge in [0.15, 0.2) is 5.78 Å². The van der Waals surface area contributed by atoms with Gasteiger partial charge < -0.3 is 9.47 Å². The lowest BCUT2D eigenvalue weighted by Gasteiger charge is -2.39. The molecule has 2 aliphatic heterocycles. The largest absolute Gasteiger partial charge is 0.486 e. The van der Waals surface area contributed by atoms with Crippen LogP contribution in [0.2, 0.25) is 0 Å².